The van der Waals surface area contributed by atoms with Crippen molar-refractivity contribution in [2.45, 2.75) is 31.9 Å². The first-order valence-electron chi connectivity index (χ1n) is 6.98. The first kappa shape index (κ1) is 13.3. The molecule has 0 aromatic carbocycles. The molecule has 3 heterocycles. The third kappa shape index (κ3) is 2.61. The van der Waals surface area contributed by atoms with Crippen LogP contribution in [0.3, 0.4) is 0 Å². The summed E-state index contributed by atoms with van der Waals surface area (Å²) in [4.78, 5) is 4.69. The largest absolute Gasteiger partial charge is 0.376 e. The van der Waals surface area contributed by atoms with Gasteiger partial charge in [0.25, 0.3) is 0 Å². The molecule has 0 bridgehead atoms. The van der Waals surface area contributed by atoms with E-state index in [2.05, 4.69) is 34.1 Å². The molecule has 0 aliphatic carbocycles. The van der Waals surface area contributed by atoms with Crippen LogP contribution in [0.2, 0.25) is 0 Å². The van der Waals surface area contributed by atoms with Gasteiger partial charge < -0.3 is 14.5 Å². The van der Waals surface area contributed by atoms with E-state index >= 15 is 0 Å². The van der Waals surface area contributed by atoms with Crippen LogP contribution >= 0.6 is 11.3 Å². The minimum Gasteiger partial charge on any atom is -0.376 e. The van der Waals surface area contributed by atoms with E-state index in [0.29, 0.717) is 18.1 Å². The van der Waals surface area contributed by atoms with Crippen LogP contribution in [0.1, 0.15) is 17.8 Å². The summed E-state index contributed by atoms with van der Waals surface area (Å²) < 4.78 is 6.04. The number of fused-ring (bicyclic) bond motifs is 1. The molecule has 0 radical (unpaired) electrons. The zero-order valence-corrected chi connectivity index (χ0v) is 12.7. The first-order valence-corrected chi connectivity index (χ1v) is 7.80. The van der Waals surface area contributed by atoms with E-state index in [0.717, 1.165) is 29.8 Å². The first-order chi connectivity index (χ1) is 9.15. The van der Waals surface area contributed by atoms with Crippen LogP contribution in [0.5, 0.6) is 0 Å². The third-order valence-corrected chi connectivity index (χ3v) is 5.08. The topological polar surface area (TPSA) is 41.5 Å². The molecule has 2 aliphatic heterocycles. The Labute approximate surface area is 118 Å². The van der Waals surface area contributed by atoms with E-state index in [4.69, 9.17) is 4.74 Å². The van der Waals surface area contributed by atoms with Crippen molar-refractivity contribution in [3.05, 3.63) is 5.01 Å². The zero-order chi connectivity index (χ0) is 13.4. The highest BCUT2D eigenvalue weighted by molar-refractivity contribution is 7.15. The lowest BCUT2D eigenvalue weighted by molar-refractivity contribution is -0.0742. The highest BCUT2D eigenvalue weighted by Gasteiger charge is 2.40. The highest BCUT2D eigenvalue weighted by Crippen LogP contribution is 2.33. The van der Waals surface area contributed by atoms with Crippen molar-refractivity contribution in [2.75, 3.05) is 38.7 Å². The van der Waals surface area contributed by atoms with E-state index in [9.17, 15) is 0 Å². The number of piperidine rings is 1. The maximum atomic E-state index is 6.04. The second-order valence-electron chi connectivity index (χ2n) is 5.78. The number of nitrogens with zero attached hydrogens (tertiary/aromatic N) is 4. The molecule has 0 amide bonds. The van der Waals surface area contributed by atoms with Crippen molar-refractivity contribution >= 4 is 16.5 Å². The molecule has 0 spiro atoms. The molecule has 6 heteroatoms. The van der Waals surface area contributed by atoms with Crippen LogP contribution in [0.15, 0.2) is 0 Å². The third-order valence-electron chi connectivity index (χ3n) is 4.18. The lowest BCUT2D eigenvalue weighted by Crippen LogP contribution is -2.59. The van der Waals surface area contributed by atoms with E-state index in [-0.39, 0.29) is 0 Å². The Bertz CT molecular complexity index is 436. The molecule has 106 valence electrons. The molecule has 1 aromatic rings. The van der Waals surface area contributed by atoms with Gasteiger partial charge in [-0.25, -0.2) is 0 Å². The molecular weight excluding hydrogens is 260 g/mol. The Morgan fingerprint density at radius 1 is 1.32 bits per heavy atom. The predicted octanol–water partition coefficient (Wildman–Crippen LogP) is 1.39. The zero-order valence-electron chi connectivity index (χ0n) is 11.9. The van der Waals surface area contributed by atoms with Gasteiger partial charge in [-0.05, 0) is 33.9 Å². The summed E-state index contributed by atoms with van der Waals surface area (Å²) in [5, 5.41) is 10.6. The van der Waals surface area contributed by atoms with E-state index < -0.39 is 0 Å². The highest BCUT2D eigenvalue weighted by atomic mass is 32.1. The molecule has 1 aromatic heterocycles. The molecule has 2 fully saturated rings. The molecule has 5 nitrogen and oxygen atoms in total. The van der Waals surface area contributed by atoms with Crippen LogP contribution < -0.4 is 4.90 Å². The quantitative estimate of drug-likeness (QED) is 0.820. The van der Waals surface area contributed by atoms with Gasteiger partial charge >= 0.3 is 0 Å². The summed E-state index contributed by atoms with van der Waals surface area (Å²) in [7, 11) is 4.29. The fourth-order valence-electron chi connectivity index (χ4n) is 3.20. The standard InChI is InChI=1S/C13H22N4OS/c1-9-14-15-13(19-9)17-7-10-5-4-6-18-12(10)11(8-17)16(2)3/h10-12H,4-8H2,1-3H3/t10-,11+,12-/m0/s1. The Morgan fingerprint density at radius 2 is 2.16 bits per heavy atom. The summed E-state index contributed by atoms with van der Waals surface area (Å²) in [5.41, 5.74) is 0. The van der Waals surface area contributed by atoms with Crippen molar-refractivity contribution < 1.29 is 4.74 Å². The van der Waals surface area contributed by atoms with Crippen LogP contribution in [-0.4, -0.2) is 61.0 Å². The number of hydrogen-bond donors (Lipinski definition) is 0. The average molecular weight is 282 g/mol. The number of hydrogen-bond acceptors (Lipinski definition) is 6. The molecule has 0 N–H and O–H groups in total. The van der Waals surface area contributed by atoms with Crippen molar-refractivity contribution in [1.82, 2.24) is 15.1 Å². The molecule has 2 aliphatic rings. The van der Waals surface area contributed by atoms with Crippen LogP contribution in [0, 0.1) is 12.8 Å². The fraction of sp³-hybridized carbons (Fsp3) is 0.846. The van der Waals surface area contributed by atoms with Gasteiger partial charge in [0.15, 0.2) is 0 Å². The molecule has 0 saturated carbocycles. The van der Waals surface area contributed by atoms with Crippen molar-refractivity contribution in [3.8, 4) is 0 Å². The van der Waals surface area contributed by atoms with Gasteiger partial charge in [-0.3, -0.25) is 0 Å². The van der Waals surface area contributed by atoms with Crippen molar-refractivity contribution in [2.24, 2.45) is 5.92 Å². The minimum atomic E-state index is 0.383. The normalized spacial score (nSPS) is 31.6. The number of aryl methyl sites for hydroxylation is 1. The molecule has 19 heavy (non-hydrogen) atoms. The van der Waals surface area contributed by atoms with Crippen LogP contribution in [-0.2, 0) is 4.74 Å². The summed E-state index contributed by atoms with van der Waals surface area (Å²) in [6, 6.07) is 0.447. The van der Waals surface area contributed by atoms with E-state index in [1.165, 1.54) is 12.8 Å². The average Bonchev–Trinajstić information content (AvgIpc) is 2.84. The van der Waals surface area contributed by atoms with Crippen molar-refractivity contribution in [3.63, 3.8) is 0 Å². The number of likely N-dealkylation sites (N-methyl/N-ethyl adjacent to an activating group) is 1. The Hall–Kier alpha value is -0.720. The predicted molar refractivity (Wildman–Crippen MR) is 76.8 cm³/mol. The van der Waals surface area contributed by atoms with Gasteiger partial charge in [0.05, 0.1) is 12.1 Å². The summed E-state index contributed by atoms with van der Waals surface area (Å²) in [6.45, 7) is 4.98. The Balaban J connectivity index is 1.81. The number of ether oxygens (including phenoxy) is 1. The van der Waals surface area contributed by atoms with Crippen LogP contribution in [0.4, 0.5) is 5.13 Å². The smallest absolute Gasteiger partial charge is 0.208 e. The molecule has 2 saturated heterocycles. The second kappa shape index (κ2) is 5.34. The SMILES string of the molecule is Cc1nnc(N2C[C@@H]3CCCO[C@@H]3[C@H](N(C)C)C2)s1. The Morgan fingerprint density at radius 3 is 2.84 bits per heavy atom. The maximum absolute atomic E-state index is 6.04. The summed E-state index contributed by atoms with van der Waals surface area (Å²) in [6.07, 6.45) is 2.84. The summed E-state index contributed by atoms with van der Waals surface area (Å²) >= 11 is 1.69. The van der Waals surface area contributed by atoms with Gasteiger partial charge in [0.1, 0.15) is 5.01 Å². The second-order valence-corrected chi connectivity index (χ2v) is 6.94. The van der Waals surface area contributed by atoms with Gasteiger partial charge in [0.2, 0.25) is 5.13 Å². The van der Waals surface area contributed by atoms with Gasteiger partial charge in [-0.1, -0.05) is 11.3 Å². The number of anilines is 1. The number of rotatable bonds is 2. The maximum Gasteiger partial charge on any atom is 0.208 e. The molecule has 3 rings (SSSR count). The van der Waals surface area contributed by atoms with Gasteiger partial charge in [-0.15, -0.1) is 10.2 Å². The Kier molecular flexibility index (Phi) is 3.73. The van der Waals surface area contributed by atoms with Gasteiger partial charge in [-0.2, -0.15) is 0 Å². The number of aromatic nitrogens is 2. The lowest BCUT2D eigenvalue weighted by Gasteiger charge is -2.47. The lowest BCUT2D eigenvalue weighted by atomic mass is 9.85. The van der Waals surface area contributed by atoms with Crippen molar-refractivity contribution in [1.29, 1.82) is 0 Å². The van der Waals surface area contributed by atoms with E-state index in [1.807, 2.05) is 6.92 Å². The fourth-order valence-corrected chi connectivity index (χ4v) is 3.91. The minimum absolute atomic E-state index is 0.383. The van der Waals surface area contributed by atoms with Crippen LogP contribution in [0.25, 0.3) is 0 Å². The molecule has 0 unspecified atom stereocenters. The van der Waals surface area contributed by atoms with Gasteiger partial charge in [0, 0.05) is 25.6 Å². The summed E-state index contributed by atoms with van der Waals surface area (Å²) in [5.74, 6) is 0.624. The molecule has 3 atom stereocenters. The van der Waals surface area contributed by atoms with E-state index in [1.54, 1.807) is 11.3 Å². The monoisotopic (exact) mass is 282 g/mol. The molecular formula is C13H22N4OS.